The predicted molar refractivity (Wildman–Crippen MR) is 58.8 cm³/mol. The zero-order valence-corrected chi connectivity index (χ0v) is 8.37. The predicted octanol–water partition coefficient (Wildman–Crippen LogP) is 2.78. The van der Waals surface area contributed by atoms with Crippen molar-refractivity contribution < 1.29 is 4.39 Å². The van der Waals surface area contributed by atoms with Crippen LogP contribution in [0.3, 0.4) is 0 Å². The van der Waals surface area contributed by atoms with E-state index in [1.165, 1.54) is 12.3 Å². The SMILES string of the molecule is Cc1ccc(-c2ccc(N)cn2)c(F)c1. The number of halogens is 1. The topological polar surface area (TPSA) is 38.9 Å². The third-order valence-corrected chi connectivity index (χ3v) is 2.19. The van der Waals surface area contributed by atoms with E-state index in [-0.39, 0.29) is 5.82 Å². The Bertz CT molecular complexity index is 477. The van der Waals surface area contributed by atoms with Crippen molar-refractivity contribution in [1.82, 2.24) is 4.98 Å². The zero-order valence-electron chi connectivity index (χ0n) is 8.37. The molecule has 76 valence electrons. The van der Waals surface area contributed by atoms with Gasteiger partial charge in [-0.2, -0.15) is 0 Å². The molecule has 2 nitrogen and oxygen atoms in total. The summed E-state index contributed by atoms with van der Waals surface area (Å²) in [5.41, 5.74) is 8.08. The number of benzene rings is 1. The van der Waals surface area contributed by atoms with Gasteiger partial charge in [0.2, 0.25) is 0 Å². The molecule has 0 saturated carbocycles. The summed E-state index contributed by atoms with van der Waals surface area (Å²) in [6.45, 7) is 1.85. The third kappa shape index (κ3) is 1.96. The molecule has 0 radical (unpaired) electrons. The second kappa shape index (κ2) is 3.69. The lowest BCUT2D eigenvalue weighted by atomic mass is 10.1. The first-order valence-corrected chi connectivity index (χ1v) is 4.65. The van der Waals surface area contributed by atoms with E-state index >= 15 is 0 Å². The van der Waals surface area contributed by atoms with Crippen LogP contribution in [0.2, 0.25) is 0 Å². The maximum Gasteiger partial charge on any atom is 0.132 e. The van der Waals surface area contributed by atoms with Gasteiger partial charge in [-0.15, -0.1) is 0 Å². The highest BCUT2D eigenvalue weighted by Gasteiger charge is 2.05. The molecular weight excluding hydrogens is 191 g/mol. The minimum absolute atomic E-state index is 0.257. The normalized spacial score (nSPS) is 10.3. The van der Waals surface area contributed by atoms with Crippen LogP contribution in [0.4, 0.5) is 10.1 Å². The van der Waals surface area contributed by atoms with E-state index in [1.807, 2.05) is 13.0 Å². The Kier molecular flexibility index (Phi) is 2.37. The summed E-state index contributed by atoms with van der Waals surface area (Å²) in [7, 11) is 0. The number of rotatable bonds is 1. The van der Waals surface area contributed by atoms with E-state index in [4.69, 9.17) is 5.73 Å². The molecule has 0 atom stereocenters. The molecule has 0 bridgehead atoms. The van der Waals surface area contributed by atoms with Crippen LogP contribution < -0.4 is 5.73 Å². The standard InChI is InChI=1S/C12H11FN2/c1-8-2-4-10(11(13)6-8)12-5-3-9(14)7-15-12/h2-7H,14H2,1H3. The smallest absolute Gasteiger partial charge is 0.132 e. The molecule has 2 rings (SSSR count). The van der Waals surface area contributed by atoms with Gasteiger partial charge >= 0.3 is 0 Å². The minimum Gasteiger partial charge on any atom is -0.397 e. The van der Waals surface area contributed by atoms with E-state index in [0.29, 0.717) is 16.9 Å². The van der Waals surface area contributed by atoms with Gasteiger partial charge in [-0.3, -0.25) is 4.98 Å². The molecule has 0 fully saturated rings. The summed E-state index contributed by atoms with van der Waals surface area (Å²) in [6.07, 6.45) is 1.52. The molecule has 0 spiro atoms. The molecule has 1 heterocycles. The second-order valence-electron chi connectivity index (χ2n) is 3.46. The van der Waals surface area contributed by atoms with Gasteiger partial charge in [0.25, 0.3) is 0 Å². The van der Waals surface area contributed by atoms with Crippen molar-refractivity contribution in [2.75, 3.05) is 5.73 Å². The van der Waals surface area contributed by atoms with Crippen LogP contribution in [-0.4, -0.2) is 4.98 Å². The largest absolute Gasteiger partial charge is 0.397 e. The van der Waals surface area contributed by atoms with Gasteiger partial charge in [0.15, 0.2) is 0 Å². The van der Waals surface area contributed by atoms with Crippen LogP contribution >= 0.6 is 0 Å². The first-order valence-electron chi connectivity index (χ1n) is 4.65. The Labute approximate surface area is 87.6 Å². The van der Waals surface area contributed by atoms with Gasteiger partial charge in [0.1, 0.15) is 5.82 Å². The molecule has 2 N–H and O–H groups in total. The van der Waals surface area contributed by atoms with Crippen LogP contribution in [0.1, 0.15) is 5.56 Å². The van der Waals surface area contributed by atoms with E-state index in [0.717, 1.165) is 5.56 Å². The molecule has 0 unspecified atom stereocenters. The monoisotopic (exact) mass is 202 g/mol. The summed E-state index contributed by atoms with van der Waals surface area (Å²) in [5, 5.41) is 0. The van der Waals surface area contributed by atoms with E-state index < -0.39 is 0 Å². The van der Waals surface area contributed by atoms with Gasteiger partial charge in [0.05, 0.1) is 17.6 Å². The molecule has 15 heavy (non-hydrogen) atoms. The first-order chi connectivity index (χ1) is 7.16. The molecule has 0 amide bonds. The average molecular weight is 202 g/mol. The molecule has 0 aliphatic carbocycles. The Morgan fingerprint density at radius 1 is 1.20 bits per heavy atom. The summed E-state index contributed by atoms with van der Waals surface area (Å²) in [4.78, 5) is 4.07. The number of hydrogen-bond acceptors (Lipinski definition) is 2. The van der Waals surface area contributed by atoms with Crippen molar-refractivity contribution >= 4 is 5.69 Å². The Balaban J connectivity index is 2.49. The van der Waals surface area contributed by atoms with Crippen LogP contribution in [0, 0.1) is 12.7 Å². The first kappa shape index (κ1) is 9.65. The van der Waals surface area contributed by atoms with Crippen LogP contribution in [-0.2, 0) is 0 Å². The fourth-order valence-electron chi connectivity index (χ4n) is 1.39. The molecule has 1 aromatic heterocycles. The summed E-state index contributed by atoms with van der Waals surface area (Å²) in [6, 6.07) is 8.50. The van der Waals surface area contributed by atoms with Crippen molar-refractivity contribution in [3.05, 3.63) is 47.9 Å². The maximum absolute atomic E-state index is 13.6. The van der Waals surface area contributed by atoms with Crippen LogP contribution in [0.5, 0.6) is 0 Å². The highest BCUT2D eigenvalue weighted by atomic mass is 19.1. The summed E-state index contributed by atoms with van der Waals surface area (Å²) < 4.78 is 13.6. The molecule has 0 aliphatic rings. The molecule has 0 saturated heterocycles. The lowest BCUT2D eigenvalue weighted by Crippen LogP contribution is -1.91. The zero-order chi connectivity index (χ0) is 10.8. The van der Waals surface area contributed by atoms with Crippen molar-refractivity contribution in [3.63, 3.8) is 0 Å². The van der Waals surface area contributed by atoms with Gasteiger partial charge in [0, 0.05) is 5.56 Å². The Morgan fingerprint density at radius 2 is 2.00 bits per heavy atom. The number of nitrogen functional groups attached to an aromatic ring is 1. The molecule has 2 aromatic rings. The number of pyridine rings is 1. The van der Waals surface area contributed by atoms with Crippen LogP contribution in [0.25, 0.3) is 11.3 Å². The van der Waals surface area contributed by atoms with Gasteiger partial charge in [-0.1, -0.05) is 6.07 Å². The lowest BCUT2D eigenvalue weighted by molar-refractivity contribution is 0.629. The second-order valence-corrected chi connectivity index (χ2v) is 3.46. The highest BCUT2D eigenvalue weighted by molar-refractivity contribution is 5.61. The van der Waals surface area contributed by atoms with E-state index in [2.05, 4.69) is 4.98 Å². The van der Waals surface area contributed by atoms with Crippen molar-refractivity contribution in [1.29, 1.82) is 0 Å². The van der Waals surface area contributed by atoms with Gasteiger partial charge < -0.3 is 5.73 Å². The Morgan fingerprint density at radius 3 is 2.60 bits per heavy atom. The number of anilines is 1. The quantitative estimate of drug-likeness (QED) is 0.772. The molecule has 3 heteroatoms. The average Bonchev–Trinajstić information content (AvgIpc) is 2.20. The van der Waals surface area contributed by atoms with Crippen LogP contribution in [0.15, 0.2) is 36.5 Å². The molecular formula is C12H11FN2. The molecule has 1 aromatic carbocycles. The van der Waals surface area contributed by atoms with Crippen molar-refractivity contribution in [3.8, 4) is 11.3 Å². The Hall–Kier alpha value is -1.90. The van der Waals surface area contributed by atoms with Crippen molar-refractivity contribution in [2.45, 2.75) is 6.92 Å². The van der Waals surface area contributed by atoms with E-state index in [1.54, 1.807) is 18.2 Å². The fourth-order valence-corrected chi connectivity index (χ4v) is 1.39. The number of nitrogens with zero attached hydrogens (tertiary/aromatic N) is 1. The molecule has 0 aliphatic heterocycles. The summed E-state index contributed by atoms with van der Waals surface area (Å²) in [5.74, 6) is -0.257. The highest BCUT2D eigenvalue weighted by Crippen LogP contribution is 2.21. The number of aromatic nitrogens is 1. The number of aryl methyl sites for hydroxylation is 1. The minimum atomic E-state index is -0.257. The van der Waals surface area contributed by atoms with Gasteiger partial charge in [-0.25, -0.2) is 4.39 Å². The van der Waals surface area contributed by atoms with Crippen molar-refractivity contribution in [2.24, 2.45) is 0 Å². The number of hydrogen-bond donors (Lipinski definition) is 1. The lowest BCUT2D eigenvalue weighted by Gasteiger charge is -2.03. The maximum atomic E-state index is 13.6. The fraction of sp³-hybridized carbons (Fsp3) is 0.0833. The number of nitrogens with two attached hydrogens (primary N) is 1. The summed E-state index contributed by atoms with van der Waals surface area (Å²) >= 11 is 0. The van der Waals surface area contributed by atoms with Gasteiger partial charge in [-0.05, 0) is 36.8 Å². The van der Waals surface area contributed by atoms with E-state index in [9.17, 15) is 4.39 Å². The third-order valence-electron chi connectivity index (χ3n) is 2.19.